The van der Waals surface area contributed by atoms with Crippen LogP contribution in [0.25, 0.3) is 0 Å². The summed E-state index contributed by atoms with van der Waals surface area (Å²) in [5.74, 6) is 1.11. The van der Waals surface area contributed by atoms with Gasteiger partial charge in [-0.05, 0) is 50.1 Å². The highest BCUT2D eigenvalue weighted by atomic mass is 32.2. The van der Waals surface area contributed by atoms with E-state index >= 15 is 0 Å². The first-order chi connectivity index (χ1) is 10.2. The molecule has 112 valence electrons. The first kappa shape index (κ1) is 14.5. The zero-order valence-electron chi connectivity index (χ0n) is 12.6. The van der Waals surface area contributed by atoms with Gasteiger partial charge in [-0.15, -0.1) is 10.2 Å². The average molecular weight is 303 g/mol. The van der Waals surface area contributed by atoms with Crippen LogP contribution in [0.2, 0.25) is 0 Å². The van der Waals surface area contributed by atoms with Crippen LogP contribution in [0.1, 0.15) is 41.9 Å². The maximum atomic E-state index is 5.90. The van der Waals surface area contributed by atoms with E-state index in [4.69, 9.17) is 5.73 Å². The van der Waals surface area contributed by atoms with Crippen molar-refractivity contribution in [2.24, 2.45) is 5.73 Å². The van der Waals surface area contributed by atoms with Gasteiger partial charge in [-0.1, -0.05) is 6.42 Å². The van der Waals surface area contributed by atoms with Crippen LogP contribution < -0.4 is 5.73 Å². The molecule has 3 rings (SSSR count). The highest BCUT2D eigenvalue weighted by Gasteiger charge is 2.18. The monoisotopic (exact) mass is 303 g/mol. The Bertz CT molecular complexity index is 650. The molecule has 1 aliphatic rings. The summed E-state index contributed by atoms with van der Waals surface area (Å²) in [4.78, 5) is 4.65. The number of aromatic nitrogens is 4. The quantitative estimate of drug-likeness (QED) is 0.944. The Morgan fingerprint density at radius 1 is 1.24 bits per heavy atom. The van der Waals surface area contributed by atoms with E-state index in [-0.39, 0.29) is 0 Å². The SMILES string of the molecule is Cc1cc(C)c(CN)c(Sc2nnc3n2CCCCC3)n1. The molecule has 2 N–H and O–H groups in total. The van der Waals surface area contributed by atoms with E-state index in [1.54, 1.807) is 11.8 Å². The van der Waals surface area contributed by atoms with Crippen molar-refractivity contribution in [1.82, 2.24) is 19.7 Å². The lowest BCUT2D eigenvalue weighted by atomic mass is 10.1. The molecule has 0 fully saturated rings. The Morgan fingerprint density at radius 3 is 2.90 bits per heavy atom. The normalized spacial score (nSPS) is 14.8. The number of rotatable bonds is 3. The standard InChI is InChI=1S/C15H21N5S/c1-10-8-11(2)17-14(12(10)9-16)21-15-19-18-13-6-4-3-5-7-20(13)15/h8H,3-7,9,16H2,1-2H3. The van der Waals surface area contributed by atoms with Gasteiger partial charge in [0, 0.05) is 30.8 Å². The fourth-order valence-corrected chi connectivity index (χ4v) is 3.90. The van der Waals surface area contributed by atoms with Crippen molar-refractivity contribution in [1.29, 1.82) is 0 Å². The summed E-state index contributed by atoms with van der Waals surface area (Å²) in [7, 11) is 0. The van der Waals surface area contributed by atoms with Gasteiger partial charge in [-0.3, -0.25) is 0 Å². The molecule has 0 saturated carbocycles. The Morgan fingerprint density at radius 2 is 2.10 bits per heavy atom. The van der Waals surface area contributed by atoms with Gasteiger partial charge >= 0.3 is 0 Å². The van der Waals surface area contributed by atoms with Gasteiger partial charge in [0.25, 0.3) is 0 Å². The van der Waals surface area contributed by atoms with Crippen LogP contribution in [0, 0.1) is 13.8 Å². The van der Waals surface area contributed by atoms with E-state index in [1.807, 2.05) is 6.92 Å². The molecular weight excluding hydrogens is 282 g/mol. The zero-order valence-corrected chi connectivity index (χ0v) is 13.4. The third-order valence-electron chi connectivity index (χ3n) is 3.91. The maximum absolute atomic E-state index is 5.90. The van der Waals surface area contributed by atoms with Crippen LogP contribution in [-0.2, 0) is 19.5 Å². The first-order valence-corrected chi connectivity index (χ1v) is 8.28. The van der Waals surface area contributed by atoms with Gasteiger partial charge in [0.1, 0.15) is 10.9 Å². The molecule has 0 radical (unpaired) electrons. The first-order valence-electron chi connectivity index (χ1n) is 7.46. The molecule has 0 spiro atoms. The number of nitrogens with zero attached hydrogens (tertiary/aromatic N) is 4. The van der Waals surface area contributed by atoms with E-state index < -0.39 is 0 Å². The lowest BCUT2D eigenvalue weighted by molar-refractivity contribution is 0.590. The molecule has 2 aromatic heterocycles. The van der Waals surface area contributed by atoms with Gasteiger partial charge < -0.3 is 10.3 Å². The third kappa shape index (κ3) is 2.96. The molecule has 0 atom stereocenters. The molecule has 0 aliphatic carbocycles. The highest BCUT2D eigenvalue weighted by molar-refractivity contribution is 7.99. The summed E-state index contributed by atoms with van der Waals surface area (Å²) in [5.41, 5.74) is 9.22. The lowest BCUT2D eigenvalue weighted by Crippen LogP contribution is -2.06. The molecule has 0 unspecified atom stereocenters. The van der Waals surface area contributed by atoms with Gasteiger partial charge in [0.05, 0.1) is 0 Å². The van der Waals surface area contributed by atoms with E-state index in [1.165, 1.54) is 24.8 Å². The van der Waals surface area contributed by atoms with Crippen LogP contribution in [0.5, 0.6) is 0 Å². The predicted octanol–water partition coefficient (Wildman–Crippen LogP) is 2.63. The number of fused-ring (bicyclic) bond motifs is 1. The molecular formula is C15H21N5S. The Balaban J connectivity index is 1.96. The largest absolute Gasteiger partial charge is 0.326 e. The second-order valence-corrected chi connectivity index (χ2v) is 6.49. The summed E-state index contributed by atoms with van der Waals surface area (Å²) in [6.07, 6.45) is 4.70. The van der Waals surface area contributed by atoms with Crippen LogP contribution in [0.4, 0.5) is 0 Å². The van der Waals surface area contributed by atoms with E-state index in [0.717, 1.165) is 40.2 Å². The van der Waals surface area contributed by atoms with Crippen LogP contribution in [0.15, 0.2) is 16.2 Å². The lowest BCUT2D eigenvalue weighted by Gasteiger charge is -2.11. The maximum Gasteiger partial charge on any atom is 0.197 e. The van der Waals surface area contributed by atoms with Crippen molar-refractivity contribution in [2.75, 3.05) is 0 Å². The summed E-state index contributed by atoms with van der Waals surface area (Å²) in [6.45, 7) is 5.61. The number of aryl methyl sites for hydroxylation is 3. The summed E-state index contributed by atoms with van der Waals surface area (Å²) in [5, 5.41) is 10.6. The molecule has 0 bridgehead atoms. The highest BCUT2D eigenvalue weighted by Crippen LogP contribution is 2.31. The van der Waals surface area contributed by atoms with Crippen LogP contribution in [0.3, 0.4) is 0 Å². The zero-order chi connectivity index (χ0) is 14.8. The van der Waals surface area contributed by atoms with Crippen molar-refractivity contribution < 1.29 is 0 Å². The fourth-order valence-electron chi connectivity index (χ4n) is 2.78. The molecule has 0 amide bonds. The topological polar surface area (TPSA) is 69.6 Å². The molecule has 21 heavy (non-hydrogen) atoms. The molecule has 1 aliphatic heterocycles. The predicted molar refractivity (Wildman–Crippen MR) is 83.3 cm³/mol. The third-order valence-corrected chi connectivity index (χ3v) is 4.92. The van der Waals surface area contributed by atoms with E-state index in [2.05, 4.69) is 32.7 Å². The van der Waals surface area contributed by atoms with Gasteiger partial charge in [0.15, 0.2) is 5.16 Å². The minimum atomic E-state index is 0.502. The second-order valence-electron chi connectivity index (χ2n) is 5.53. The Labute approximate surface area is 129 Å². The van der Waals surface area contributed by atoms with Crippen molar-refractivity contribution in [2.45, 2.75) is 62.8 Å². The number of hydrogen-bond acceptors (Lipinski definition) is 5. The molecule has 2 aromatic rings. The summed E-state index contributed by atoms with van der Waals surface area (Å²) >= 11 is 1.60. The van der Waals surface area contributed by atoms with Gasteiger partial charge in [-0.25, -0.2) is 4.98 Å². The number of hydrogen-bond donors (Lipinski definition) is 1. The van der Waals surface area contributed by atoms with Crippen molar-refractivity contribution >= 4 is 11.8 Å². The molecule has 5 nitrogen and oxygen atoms in total. The van der Waals surface area contributed by atoms with Crippen molar-refractivity contribution in [3.05, 3.63) is 28.7 Å². The fraction of sp³-hybridized carbons (Fsp3) is 0.533. The minimum Gasteiger partial charge on any atom is -0.326 e. The molecule has 0 saturated heterocycles. The summed E-state index contributed by atoms with van der Waals surface area (Å²) < 4.78 is 2.25. The minimum absolute atomic E-state index is 0.502. The smallest absolute Gasteiger partial charge is 0.197 e. The van der Waals surface area contributed by atoms with E-state index in [0.29, 0.717) is 6.54 Å². The average Bonchev–Trinajstić information content (AvgIpc) is 2.68. The Kier molecular flexibility index (Phi) is 4.26. The number of pyridine rings is 1. The van der Waals surface area contributed by atoms with Crippen molar-refractivity contribution in [3.8, 4) is 0 Å². The Hall–Kier alpha value is -1.40. The molecule has 6 heteroatoms. The van der Waals surface area contributed by atoms with Crippen molar-refractivity contribution in [3.63, 3.8) is 0 Å². The second kappa shape index (κ2) is 6.15. The number of nitrogens with two attached hydrogens (primary N) is 1. The molecule has 0 aromatic carbocycles. The summed E-state index contributed by atoms with van der Waals surface area (Å²) in [6, 6.07) is 2.08. The molecule has 3 heterocycles. The van der Waals surface area contributed by atoms with E-state index in [9.17, 15) is 0 Å². The van der Waals surface area contributed by atoms with Crippen LogP contribution >= 0.6 is 11.8 Å². The van der Waals surface area contributed by atoms with Crippen LogP contribution in [-0.4, -0.2) is 19.7 Å². The van der Waals surface area contributed by atoms with Gasteiger partial charge in [0.2, 0.25) is 0 Å². The van der Waals surface area contributed by atoms with Gasteiger partial charge in [-0.2, -0.15) is 0 Å².